The zero-order valence-corrected chi connectivity index (χ0v) is 4.31. The highest BCUT2D eigenvalue weighted by molar-refractivity contribution is 4.92. The zero-order chi connectivity index (χ0) is 5.11. The van der Waals surface area contributed by atoms with Crippen LogP contribution in [0.25, 0.3) is 0 Å². The summed E-state index contributed by atoms with van der Waals surface area (Å²) < 4.78 is 0. The molecule has 0 aliphatic carbocycles. The van der Waals surface area contributed by atoms with Gasteiger partial charge in [0.2, 0.25) is 0 Å². The number of imidazole rings is 1. The molecule has 0 bridgehead atoms. The Bertz CT molecular complexity index is 125. The van der Waals surface area contributed by atoms with E-state index < -0.39 is 0 Å². The largest absolute Gasteiger partial charge is 0.349 e. The molecule has 0 aliphatic rings. The number of nitrogens with zero attached hydrogens (tertiary/aromatic N) is 1. The van der Waals surface area contributed by atoms with Crippen molar-refractivity contribution in [1.29, 1.82) is 0 Å². The quantitative estimate of drug-likeness (QED) is 0.562. The normalized spacial score (nSPS) is 9.29. The Balaban J connectivity index is 0.000000490. The van der Waals surface area contributed by atoms with Crippen molar-refractivity contribution < 1.29 is 1.43 Å². The molecule has 1 N–H and O–H groups in total. The first kappa shape index (κ1) is 4.37. The fourth-order valence-electron chi connectivity index (χ4n) is 0.478. The molecule has 0 saturated carbocycles. The van der Waals surface area contributed by atoms with E-state index in [4.69, 9.17) is 0 Å². The summed E-state index contributed by atoms with van der Waals surface area (Å²) in [6, 6.07) is 0. The number of hydrogen-bond acceptors (Lipinski definition) is 1. The molecule has 0 fully saturated rings. The van der Waals surface area contributed by atoms with E-state index in [0.29, 0.717) is 0 Å². The second-order valence-electron chi connectivity index (χ2n) is 1.43. The van der Waals surface area contributed by atoms with Crippen molar-refractivity contribution in [3.8, 4) is 0 Å². The number of aromatic nitrogens is 2. The number of H-pyrrole nitrogens is 1. The van der Waals surface area contributed by atoms with E-state index in [2.05, 4.69) is 16.9 Å². The van der Waals surface area contributed by atoms with Gasteiger partial charge in [0, 0.05) is 13.3 Å². The van der Waals surface area contributed by atoms with Crippen LogP contribution in [-0.4, -0.2) is 9.97 Å². The van der Waals surface area contributed by atoms with Crippen LogP contribution in [-0.2, 0) is 6.42 Å². The second kappa shape index (κ2) is 1.78. The van der Waals surface area contributed by atoms with Crippen molar-refractivity contribution in [2.24, 2.45) is 0 Å². The van der Waals surface area contributed by atoms with Gasteiger partial charge in [0.05, 0.1) is 6.33 Å². The van der Waals surface area contributed by atoms with E-state index in [1.165, 1.54) is 5.69 Å². The van der Waals surface area contributed by atoms with Crippen LogP contribution in [0.5, 0.6) is 0 Å². The standard InChI is InChI=1S/C5H8N2.H2/c1-2-5-3-6-4-7-5;/h3-4H,2H2,1H3,(H,6,7);1H. The molecule has 0 unspecified atom stereocenters. The fourth-order valence-corrected chi connectivity index (χ4v) is 0.478. The lowest BCUT2D eigenvalue weighted by Crippen LogP contribution is -1.73. The van der Waals surface area contributed by atoms with Crippen molar-refractivity contribution in [3.05, 3.63) is 18.2 Å². The van der Waals surface area contributed by atoms with Crippen molar-refractivity contribution in [2.75, 3.05) is 0 Å². The fraction of sp³-hybridized carbons (Fsp3) is 0.400. The molecule has 0 spiro atoms. The van der Waals surface area contributed by atoms with E-state index in [1.807, 2.05) is 6.20 Å². The summed E-state index contributed by atoms with van der Waals surface area (Å²) in [6.07, 6.45) is 4.57. The third kappa shape index (κ3) is 0.796. The Kier molecular flexibility index (Phi) is 1.11. The molecule has 0 saturated heterocycles. The number of aromatic amines is 1. The summed E-state index contributed by atoms with van der Waals surface area (Å²) in [5.74, 6) is 0. The van der Waals surface area contributed by atoms with Gasteiger partial charge >= 0.3 is 0 Å². The summed E-state index contributed by atoms with van der Waals surface area (Å²) >= 11 is 0. The minimum Gasteiger partial charge on any atom is -0.349 e. The van der Waals surface area contributed by atoms with Crippen LogP contribution in [0, 0.1) is 0 Å². The molecule has 1 aromatic heterocycles. The van der Waals surface area contributed by atoms with Gasteiger partial charge in [0.15, 0.2) is 0 Å². The van der Waals surface area contributed by atoms with Crippen molar-refractivity contribution in [2.45, 2.75) is 13.3 Å². The molecule has 7 heavy (non-hydrogen) atoms. The lowest BCUT2D eigenvalue weighted by atomic mass is 10.4. The van der Waals surface area contributed by atoms with Crippen molar-refractivity contribution in [1.82, 2.24) is 9.97 Å². The lowest BCUT2D eigenvalue weighted by Gasteiger charge is -1.79. The average Bonchev–Trinajstić information content (AvgIpc) is 2.14. The molecule has 0 atom stereocenters. The molecule has 0 radical (unpaired) electrons. The first-order valence-corrected chi connectivity index (χ1v) is 2.40. The van der Waals surface area contributed by atoms with Crippen LogP contribution in [0.4, 0.5) is 0 Å². The highest BCUT2D eigenvalue weighted by Gasteiger charge is 1.82. The molecule has 1 aromatic rings. The van der Waals surface area contributed by atoms with Gasteiger partial charge in [-0.15, -0.1) is 0 Å². The first-order chi connectivity index (χ1) is 3.43. The Labute approximate surface area is 44.1 Å². The Morgan fingerprint density at radius 3 is 3.14 bits per heavy atom. The summed E-state index contributed by atoms with van der Waals surface area (Å²) in [4.78, 5) is 6.81. The molecule has 40 valence electrons. The van der Waals surface area contributed by atoms with Gasteiger partial charge in [-0.3, -0.25) is 0 Å². The number of rotatable bonds is 1. The van der Waals surface area contributed by atoms with E-state index in [1.54, 1.807) is 6.33 Å². The third-order valence-electron chi connectivity index (χ3n) is 0.936. The lowest BCUT2D eigenvalue weighted by molar-refractivity contribution is 1.06. The highest BCUT2D eigenvalue weighted by Crippen LogP contribution is 1.88. The van der Waals surface area contributed by atoms with Gasteiger partial charge < -0.3 is 4.98 Å². The molecule has 1 rings (SSSR count). The van der Waals surface area contributed by atoms with Gasteiger partial charge in [-0.1, -0.05) is 6.92 Å². The molecule has 0 amide bonds. The summed E-state index contributed by atoms with van der Waals surface area (Å²) in [5, 5.41) is 0. The maximum atomic E-state index is 3.84. The Hall–Kier alpha value is -0.790. The second-order valence-corrected chi connectivity index (χ2v) is 1.43. The molecule has 2 nitrogen and oxygen atoms in total. The minimum absolute atomic E-state index is 0. The number of nitrogens with one attached hydrogen (secondary N) is 1. The first-order valence-electron chi connectivity index (χ1n) is 2.40. The van der Waals surface area contributed by atoms with Crippen LogP contribution in [0.2, 0.25) is 0 Å². The molecule has 2 heteroatoms. The number of hydrogen-bond donors (Lipinski definition) is 1. The van der Waals surface area contributed by atoms with Crippen molar-refractivity contribution >= 4 is 0 Å². The Morgan fingerprint density at radius 2 is 2.86 bits per heavy atom. The minimum atomic E-state index is 0. The third-order valence-corrected chi connectivity index (χ3v) is 0.936. The number of aryl methyl sites for hydroxylation is 1. The highest BCUT2D eigenvalue weighted by atomic mass is 14.8. The van der Waals surface area contributed by atoms with Crippen LogP contribution in [0.1, 0.15) is 14.0 Å². The SMILES string of the molecule is CCc1cnc[nH]1.[HH]. The molecule has 0 aliphatic heterocycles. The van der Waals surface area contributed by atoms with Gasteiger partial charge in [-0.2, -0.15) is 0 Å². The maximum absolute atomic E-state index is 3.84. The topological polar surface area (TPSA) is 28.7 Å². The van der Waals surface area contributed by atoms with Crippen molar-refractivity contribution in [3.63, 3.8) is 0 Å². The molecular formula is C5H10N2. The molecular weight excluding hydrogens is 88.1 g/mol. The average molecular weight is 98.1 g/mol. The van der Waals surface area contributed by atoms with Crippen LogP contribution >= 0.6 is 0 Å². The van der Waals surface area contributed by atoms with Crippen LogP contribution < -0.4 is 0 Å². The smallest absolute Gasteiger partial charge is 0.0921 e. The van der Waals surface area contributed by atoms with E-state index in [0.717, 1.165) is 6.42 Å². The monoisotopic (exact) mass is 98.1 g/mol. The van der Waals surface area contributed by atoms with E-state index in [-0.39, 0.29) is 1.43 Å². The molecule has 1 heterocycles. The van der Waals surface area contributed by atoms with Crippen LogP contribution in [0.15, 0.2) is 12.5 Å². The zero-order valence-electron chi connectivity index (χ0n) is 4.31. The summed E-state index contributed by atoms with van der Waals surface area (Å²) in [7, 11) is 0. The van der Waals surface area contributed by atoms with E-state index >= 15 is 0 Å². The predicted octanol–water partition coefficient (Wildman–Crippen LogP) is 1.22. The van der Waals surface area contributed by atoms with E-state index in [9.17, 15) is 0 Å². The van der Waals surface area contributed by atoms with Gasteiger partial charge in [0.1, 0.15) is 0 Å². The van der Waals surface area contributed by atoms with Gasteiger partial charge in [-0.25, -0.2) is 4.98 Å². The predicted molar refractivity (Wildman–Crippen MR) is 30.1 cm³/mol. The Morgan fingerprint density at radius 1 is 2.00 bits per heavy atom. The maximum Gasteiger partial charge on any atom is 0.0921 e. The summed E-state index contributed by atoms with van der Waals surface area (Å²) in [5.41, 5.74) is 1.19. The van der Waals surface area contributed by atoms with Crippen LogP contribution in [0.3, 0.4) is 0 Å². The molecule has 0 aromatic carbocycles. The van der Waals surface area contributed by atoms with Gasteiger partial charge in [0.25, 0.3) is 0 Å². The van der Waals surface area contributed by atoms with Gasteiger partial charge in [-0.05, 0) is 6.42 Å². The summed E-state index contributed by atoms with van der Waals surface area (Å²) in [6.45, 7) is 2.09.